The minimum absolute atomic E-state index is 0.0401. The Morgan fingerprint density at radius 3 is 2.88 bits per heavy atom. The van der Waals surface area contributed by atoms with Crippen LogP contribution in [0, 0.1) is 0 Å². The van der Waals surface area contributed by atoms with Crippen molar-refractivity contribution < 1.29 is 15.1 Å². The summed E-state index contributed by atoms with van der Waals surface area (Å²) in [5, 5.41) is 4.24. The Balaban J connectivity index is 2.37. The van der Waals surface area contributed by atoms with Gasteiger partial charge in [0.1, 0.15) is 6.20 Å². The van der Waals surface area contributed by atoms with E-state index in [-0.39, 0.29) is 11.9 Å². The molecule has 0 bridgehead atoms. The number of amides is 1. The molecule has 6 heteroatoms. The summed E-state index contributed by atoms with van der Waals surface area (Å²) in [6.07, 6.45) is 2.62. The molecular formula is C11H19N4O2+. The van der Waals surface area contributed by atoms with Crippen LogP contribution in [0.3, 0.4) is 0 Å². The van der Waals surface area contributed by atoms with Gasteiger partial charge in [-0.15, -0.1) is 0 Å². The van der Waals surface area contributed by atoms with Crippen molar-refractivity contribution in [1.82, 2.24) is 14.7 Å². The average Bonchev–Trinajstić information content (AvgIpc) is 2.59. The van der Waals surface area contributed by atoms with Crippen molar-refractivity contribution in [3.05, 3.63) is 11.9 Å². The number of nitrogens with zero attached hydrogens (tertiary/aromatic N) is 3. The van der Waals surface area contributed by atoms with E-state index in [9.17, 15) is 4.79 Å². The number of nitrogens with two attached hydrogens (primary N) is 1. The molecule has 1 aliphatic rings. The van der Waals surface area contributed by atoms with Crippen LogP contribution < -0.4 is 5.48 Å². The lowest BCUT2D eigenvalue weighted by atomic mass is 10.2. The number of hydrogen-bond donors (Lipinski definition) is 1. The summed E-state index contributed by atoms with van der Waals surface area (Å²) < 4.78 is 1.77. The number of hydrogen-bond acceptors (Lipinski definition) is 3. The third-order valence-corrected chi connectivity index (χ3v) is 2.97. The minimum atomic E-state index is 0.0401. The van der Waals surface area contributed by atoms with Crippen LogP contribution in [0.5, 0.6) is 0 Å². The van der Waals surface area contributed by atoms with Crippen molar-refractivity contribution in [1.29, 1.82) is 0 Å². The van der Waals surface area contributed by atoms with E-state index >= 15 is 0 Å². The summed E-state index contributed by atoms with van der Waals surface area (Å²) in [6, 6.07) is 0.208. The Labute approximate surface area is 100 Å². The van der Waals surface area contributed by atoms with Gasteiger partial charge in [0.05, 0.1) is 7.11 Å². The molecule has 0 atom stereocenters. The van der Waals surface area contributed by atoms with Crippen LogP contribution in [0.15, 0.2) is 6.20 Å². The monoisotopic (exact) mass is 239 g/mol. The van der Waals surface area contributed by atoms with Gasteiger partial charge < -0.3 is 4.90 Å². The SMILES string of the molecule is CO[NH2+]c1cnn2c1C(=O)N(C(C)C)CCC2. The van der Waals surface area contributed by atoms with Gasteiger partial charge in [0.25, 0.3) is 5.91 Å². The number of rotatable bonds is 3. The second kappa shape index (κ2) is 4.85. The van der Waals surface area contributed by atoms with Crippen LogP contribution >= 0.6 is 0 Å². The number of aryl methyl sites for hydroxylation is 1. The fraction of sp³-hybridized carbons (Fsp3) is 0.636. The molecule has 2 N–H and O–H groups in total. The lowest BCUT2D eigenvalue weighted by Gasteiger charge is -2.24. The summed E-state index contributed by atoms with van der Waals surface area (Å²) in [7, 11) is 1.57. The van der Waals surface area contributed by atoms with Crippen molar-refractivity contribution in [2.45, 2.75) is 32.9 Å². The standard InChI is InChI=1S/C11H18N4O2/c1-8(2)14-5-4-6-15-10(11(14)16)9(7-12-15)13-17-3/h7-8,13H,4-6H2,1-3H3/p+1. The van der Waals surface area contributed by atoms with E-state index < -0.39 is 0 Å². The maximum atomic E-state index is 12.4. The van der Waals surface area contributed by atoms with E-state index in [0.29, 0.717) is 5.69 Å². The van der Waals surface area contributed by atoms with Crippen LogP contribution in [-0.2, 0) is 11.4 Å². The van der Waals surface area contributed by atoms with Crippen LogP contribution in [0.1, 0.15) is 30.8 Å². The van der Waals surface area contributed by atoms with Gasteiger partial charge >= 0.3 is 0 Å². The van der Waals surface area contributed by atoms with Crippen LogP contribution in [0.4, 0.5) is 5.69 Å². The van der Waals surface area contributed by atoms with E-state index in [1.54, 1.807) is 23.5 Å². The van der Waals surface area contributed by atoms with Gasteiger partial charge in [-0.05, 0) is 20.3 Å². The molecule has 0 fully saturated rings. The molecule has 94 valence electrons. The van der Waals surface area contributed by atoms with Gasteiger partial charge in [0, 0.05) is 19.1 Å². The zero-order valence-electron chi connectivity index (χ0n) is 10.5. The summed E-state index contributed by atoms with van der Waals surface area (Å²) in [4.78, 5) is 19.3. The topological polar surface area (TPSA) is 64.0 Å². The molecule has 2 heterocycles. The third-order valence-electron chi connectivity index (χ3n) is 2.97. The van der Waals surface area contributed by atoms with Crippen molar-refractivity contribution in [2.24, 2.45) is 0 Å². The second-order valence-corrected chi connectivity index (χ2v) is 4.47. The smallest absolute Gasteiger partial charge is 0.278 e. The number of carbonyl (C=O) groups excluding carboxylic acids is 1. The first kappa shape index (κ1) is 12.1. The molecular weight excluding hydrogens is 220 g/mol. The normalized spacial score (nSPS) is 16.2. The predicted molar refractivity (Wildman–Crippen MR) is 61.6 cm³/mol. The quantitative estimate of drug-likeness (QED) is 0.749. The molecule has 1 aromatic rings. The highest BCUT2D eigenvalue weighted by Crippen LogP contribution is 2.18. The number of fused-ring (bicyclic) bond motifs is 1. The summed E-state index contributed by atoms with van der Waals surface area (Å²) >= 11 is 0. The van der Waals surface area contributed by atoms with E-state index in [1.165, 1.54) is 0 Å². The first-order valence-corrected chi connectivity index (χ1v) is 5.88. The molecule has 6 nitrogen and oxygen atoms in total. The zero-order chi connectivity index (χ0) is 12.4. The Morgan fingerprint density at radius 1 is 1.47 bits per heavy atom. The van der Waals surface area contributed by atoms with Gasteiger partial charge in [0.2, 0.25) is 5.69 Å². The van der Waals surface area contributed by atoms with Crippen molar-refractivity contribution in [3.63, 3.8) is 0 Å². The molecule has 2 rings (SSSR count). The van der Waals surface area contributed by atoms with Crippen LogP contribution in [0.2, 0.25) is 0 Å². The Morgan fingerprint density at radius 2 is 2.24 bits per heavy atom. The summed E-state index contributed by atoms with van der Waals surface area (Å²) in [6.45, 7) is 5.63. The Hall–Kier alpha value is -1.40. The molecule has 0 aromatic carbocycles. The van der Waals surface area contributed by atoms with E-state index in [4.69, 9.17) is 4.84 Å². The minimum Gasteiger partial charge on any atom is -0.335 e. The van der Waals surface area contributed by atoms with Crippen molar-refractivity contribution in [2.75, 3.05) is 13.7 Å². The first-order valence-electron chi connectivity index (χ1n) is 5.88. The largest absolute Gasteiger partial charge is 0.335 e. The molecule has 1 amide bonds. The first-order chi connectivity index (χ1) is 8.15. The van der Waals surface area contributed by atoms with Crippen molar-refractivity contribution in [3.8, 4) is 0 Å². The molecule has 1 aromatic heterocycles. The van der Waals surface area contributed by atoms with Gasteiger partial charge in [-0.3, -0.25) is 9.48 Å². The fourth-order valence-corrected chi connectivity index (χ4v) is 2.14. The van der Waals surface area contributed by atoms with Crippen molar-refractivity contribution >= 4 is 11.6 Å². The second-order valence-electron chi connectivity index (χ2n) is 4.47. The van der Waals surface area contributed by atoms with E-state index in [2.05, 4.69) is 5.10 Å². The van der Waals surface area contributed by atoms with Gasteiger partial charge in [0.15, 0.2) is 5.69 Å². The van der Waals surface area contributed by atoms with Gasteiger partial charge in [-0.2, -0.15) is 10.6 Å². The molecule has 0 radical (unpaired) electrons. The number of aromatic nitrogens is 2. The molecule has 0 saturated carbocycles. The Kier molecular flexibility index (Phi) is 3.44. The molecule has 1 aliphatic heterocycles. The zero-order valence-corrected chi connectivity index (χ0v) is 10.5. The van der Waals surface area contributed by atoms with Crippen LogP contribution in [0.25, 0.3) is 0 Å². The molecule has 0 saturated heterocycles. The highest BCUT2D eigenvalue weighted by molar-refractivity contribution is 5.96. The van der Waals surface area contributed by atoms with Gasteiger partial charge in [-0.1, -0.05) is 0 Å². The third kappa shape index (κ3) is 2.18. The molecule has 0 unspecified atom stereocenters. The van der Waals surface area contributed by atoms with E-state index in [0.717, 1.165) is 25.2 Å². The number of quaternary nitrogens is 1. The summed E-state index contributed by atoms with van der Waals surface area (Å²) in [5.74, 6) is 0.0401. The molecule has 0 aliphatic carbocycles. The van der Waals surface area contributed by atoms with E-state index in [1.807, 2.05) is 18.7 Å². The lowest BCUT2D eigenvalue weighted by Crippen LogP contribution is -2.76. The fourth-order valence-electron chi connectivity index (χ4n) is 2.14. The molecule has 17 heavy (non-hydrogen) atoms. The molecule has 0 spiro atoms. The van der Waals surface area contributed by atoms with Gasteiger partial charge in [-0.25, -0.2) is 4.84 Å². The highest BCUT2D eigenvalue weighted by atomic mass is 16.6. The predicted octanol–water partition coefficient (Wildman–Crippen LogP) is -0.106. The average molecular weight is 239 g/mol. The highest BCUT2D eigenvalue weighted by Gasteiger charge is 2.30. The number of carbonyl (C=O) groups is 1. The summed E-state index contributed by atoms with van der Waals surface area (Å²) in [5.41, 5.74) is 2.96. The lowest BCUT2D eigenvalue weighted by molar-refractivity contribution is -0.830. The Bertz CT molecular complexity index is 414. The maximum Gasteiger partial charge on any atom is 0.278 e. The maximum absolute atomic E-state index is 12.4. The van der Waals surface area contributed by atoms with Crippen LogP contribution in [-0.4, -0.2) is 40.3 Å².